The Balaban J connectivity index is 1.82. The molecule has 3 heteroatoms. The minimum absolute atomic E-state index is 0.351. The summed E-state index contributed by atoms with van der Waals surface area (Å²) in [6.07, 6.45) is 3.62. The third-order valence-electron chi connectivity index (χ3n) is 4.51. The van der Waals surface area contributed by atoms with Gasteiger partial charge in [0.2, 0.25) is 0 Å². The number of aryl methyl sites for hydroxylation is 1. The molecule has 3 aromatic carbocycles. The summed E-state index contributed by atoms with van der Waals surface area (Å²) >= 11 is 0. The number of carbonyl (C=O) groups is 1. The normalized spacial score (nSPS) is 15.2. The van der Waals surface area contributed by atoms with Gasteiger partial charge in [-0.2, -0.15) is 0 Å². The van der Waals surface area contributed by atoms with Crippen molar-refractivity contribution in [3.05, 3.63) is 89.0 Å². The number of hydrogen-bond acceptors (Lipinski definition) is 3. The molecule has 0 unspecified atom stereocenters. The summed E-state index contributed by atoms with van der Waals surface area (Å²) in [4.78, 5) is 12.4. The number of methoxy groups -OCH3 is 1. The minimum Gasteiger partial charge on any atom is -0.496 e. The molecule has 1 aliphatic heterocycles. The zero-order valence-electron chi connectivity index (χ0n) is 14.7. The first-order valence-corrected chi connectivity index (χ1v) is 8.44. The molecule has 0 saturated heterocycles. The van der Waals surface area contributed by atoms with E-state index in [1.165, 1.54) is 0 Å². The van der Waals surface area contributed by atoms with Gasteiger partial charge in [0.15, 0.2) is 0 Å². The van der Waals surface area contributed by atoms with E-state index in [0.29, 0.717) is 11.3 Å². The van der Waals surface area contributed by atoms with Crippen LogP contribution in [0.3, 0.4) is 0 Å². The summed E-state index contributed by atoms with van der Waals surface area (Å²) in [5, 5.41) is 2.12. The molecule has 3 nitrogen and oxygen atoms in total. The van der Waals surface area contributed by atoms with E-state index in [2.05, 4.69) is 0 Å². The minimum atomic E-state index is -0.351. The molecule has 128 valence electrons. The van der Waals surface area contributed by atoms with E-state index in [1.807, 2.05) is 73.7 Å². The van der Waals surface area contributed by atoms with Crippen molar-refractivity contribution in [2.24, 2.45) is 0 Å². The van der Waals surface area contributed by atoms with Crippen LogP contribution in [-0.2, 0) is 9.53 Å². The monoisotopic (exact) mass is 342 g/mol. The average molecular weight is 342 g/mol. The van der Waals surface area contributed by atoms with Gasteiger partial charge in [0, 0.05) is 11.1 Å². The number of fused-ring (bicyclic) bond motifs is 1. The molecule has 0 spiro atoms. The lowest BCUT2D eigenvalue weighted by atomic mass is 10.0. The second-order valence-corrected chi connectivity index (χ2v) is 6.27. The Labute approximate surface area is 152 Å². The van der Waals surface area contributed by atoms with Gasteiger partial charge >= 0.3 is 5.97 Å². The lowest BCUT2D eigenvalue weighted by Gasteiger charge is -2.09. The molecule has 0 N–H and O–H groups in total. The molecule has 0 atom stereocenters. The van der Waals surface area contributed by atoms with Crippen LogP contribution in [0.15, 0.2) is 72.3 Å². The van der Waals surface area contributed by atoms with Gasteiger partial charge in [-0.25, -0.2) is 4.79 Å². The average Bonchev–Trinajstić information content (AvgIpc) is 3.03. The highest BCUT2D eigenvalue weighted by atomic mass is 16.5. The first-order chi connectivity index (χ1) is 12.7. The Kier molecular flexibility index (Phi) is 4.05. The molecule has 4 rings (SSSR count). The Morgan fingerprint density at radius 3 is 2.50 bits per heavy atom. The molecule has 26 heavy (non-hydrogen) atoms. The number of esters is 1. The van der Waals surface area contributed by atoms with E-state index in [4.69, 9.17) is 9.47 Å². The Bertz CT molecular complexity index is 1060. The number of hydrogen-bond donors (Lipinski definition) is 0. The smallest absolute Gasteiger partial charge is 0.343 e. The highest BCUT2D eigenvalue weighted by Gasteiger charge is 2.22. The lowest BCUT2D eigenvalue weighted by molar-refractivity contribution is -0.130. The summed E-state index contributed by atoms with van der Waals surface area (Å²) < 4.78 is 11.0. The highest BCUT2D eigenvalue weighted by Crippen LogP contribution is 2.33. The van der Waals surface area contributed by atoms with Crippen LogP contribution in [-0.4, -0.2) is 13.1 Å². The summed E-state index contributed by atoms with van der Waals surface area (Å²) in [5.41, 5.74) is 3.43. The lowest BCUT2D eigenvalue weighted by Crippen LogP contribution is -1.98. The van der Waals surface area contributed by atoms with Crippen molar-refractivity contribution in [1.82, 2.24) is 0 Å². The van der Waals surface area contributed by atoms with Crippen molar-refractivity contribution in [3.63, 3.8) is 0 Å². The van der Waals surface area contributed by atoms with E-state index in [0.717, 1.165) is 33.2 Å². The Morgan fingerprint density at radius 2 is 1.73 bits per heavy atom. The second kappa shape index (κ2) is 6.52. The van der Waals surface area contributed by atoms with Crippen LogP contribution in [0.4, 0.5) is 0 Å². The molecule has 1 heterocycles. The fraction of sp³-hybridized carbons (Fsp3) is 0.0870. The van der Waals surface area contributed by atoms with Crippen molar-refractivity contribution < 1.29 is 14.3 Å². The zero-order valence-corrected chi connectivity index (χ0v) is 14.7. The van der Waals surface area contributed by atoms with Gasteiger partial charge in [-0.15, -0.1) is 0 Å². The molecule has 3 aromatic rings. The molecule has 0 bridgehead atoms. The van der Waals surface area contributed by atoms with Crippen LogP contribution in [0, 0.1) is 6.92 Å². The van der Waals surface area contributed by atoms with E-state index in [-0.39, 0.29) is 5.97 Å². The quantitative estimate of drug-likeness (QED) is 0.488. The summed E-state index contributed by atoms with van der Waals surface area (Å²) in [5.74, 6) is 0.942. The summed E-state index contributed by atoms with van der Waals surface area (Å²) in [7, 11) is 1.63. The van der Waals surface area contributed by atoms with Gasteiger partial charge in [0.1, 0.15) is 11.5 Å². The third kappa shape index (κ3) is 2.88. The van der Waals surface area contributed by atoms with Crippen LogP contribution >= 0.6 is 0 Å². The zero-order chi connectivity index (χ0) is 18.1. The van der Waals surface area contributed by atoms with E-state index in [9.17, 15) is 4.79 Å². The summed E-state index contributed by atoms with van der Waals surface area (Å²) in [6, 6.07) is 19.9. The number of benzene rings is 3. The van der Waals surface area contributed by atoms with E-state index >= 15 is 0 Å². The van der Waals surface area contributed by atoms with Crippen LogP contribution in [0.1, 0.15) is 16.7 Å². The summed E-state index contributed by atoms with van der Waals surface area (Å²) in [6.45, 7) is 2.02. The molecule has 1 aliphatic rings. The van der Waals surface area contributed by atoms with Gasteiger partial charge in [-0.3, -0.25) is 0 Å². The number of rotatable bonds is 3. The first-order valence-electron chi connectivity index (χ1n) is 8.44. The first kappa shape index (κ1) is 16.2. The van der Waals surface area contributed by atoms with Gasteiger partial charge in [0.05, 0.1) is 12.7 Å². The van der Waals surface area contributed by atoms with Gasteiger partial charge < -0.3 is 9.47 Å². The van der Waals surface area contributed by atoms with Crippen LogP contribution in [0.2, 0.25) is 0 Å². The fourth-order valence-electron chi connectivity index (χ4n) is 3.11. The molecular weight excluding hydrogens is 324 g/mol. The largest absolute Gasteiger partial charge is 0.496 e. The number of cyclic esters (lactones) is 1. The van der Waals surface area contributed by atoms with Crippen LogP contribution < -0.4 is 4.74 Å². The SMILES string of the molecule is COc1ccc2ccccc2c1/C=C1\C=C(c2ccc(C)cc2)OC1=O. The molecule has 0 fully saturated rings. The van der Waals surface area contributed by atoms with Gasteiger partial charge in [-0.1, -0.05) is 60.2 Å². The highest BCUT2D eigenvalue weighted by molar-refractivity contribution is 6.07. The van der Waals surface area contributed by atoms with Crippen molar-refractivity contribution in [3.8, 4) is 5.75 Å². The molecule has 0 radical (unpaired) electrons. The van der Waals surface area contributed by atoms with Crippen molar-refractivity contribution in [2.45, 2.75) is 6.92 Å². The second-order valence-electron chi connectivity index (χ2n) is 6.27. The molecule has 0 amide bonds. The standard InChI is InChI=1S/C23H18O3/c1-15-7-9-17(10-8-15)22-14-18(23(24)26-22)13-20-19-6-4-3-5-16(19)11-12-21(20)25-2/h3-14H,1-2H3/b18-13+. The predicted molar refractivity (Wildman–Crippen MR) is 104 cm³/mol. The van der Waals surface area contributed by atoms with Gasteiger partial charge in [0.25, 0.3) is 0 Å². The Morgan fingerprint density at radius 1 is 0.962 bits per heavy atom. The molecular formula is C23H18O3. The van der Waals surface area contributed by atoms with Crippen molar-refractivity contribution >= 4 is 28.6 Å². The molecule has 0 aromatic heterocycles. The van der Waals surface area contributed by atoms with Gasteiger partial charge in [-0.05, 0) is 35.9 Å². The van der Waals surface area contributed by atoms with E-state index in [1.54, 1.807) is 13.2 Å². The molecule has 0 aliphatic carbocycles. The number of carbonyl (C=O) groups excluding carboxylic acids is 1. The van der Waals surface area contributed by atoms with Crippen LogP contribution in [0.5, 0.6) is 5.75 Å². The topological polar surface area (TPSA) is 35.5 Å². The maximum absolute atomic E-state index is 12.4. The maximum atomic E-state index is 12.4. The maximum Gasteiger partial charge on any atom is 0.343 e. The third-order valence-corrected chi connectivity index (χ3v) is 4.51. The van der Waals surface area contributed by atoms with Crippen molar-refractivity contribution in [2.75, 3.05) is 7.11 Å². The Hall–Kier alpha value is -3.33. The van der Waals surface area contributed by atoms with Crippen LogP contribution in [0.25, 0.3) is 22.6 Å². The molecule has 0 saturated carbocycles. The fourth-order valence-corrected chi connectivity index (χ4v) is 3.11. The van der Waals surface area contributed by atoms with Crippen molar-refractivity contribution in [1.29, 1.82) is 0 Å². The predicted octanol–water partition coefficient (Wildman–Crippen LogP) is 5.14. The number of ether oxygens (including phenoxy) is 2. The van der Waals surface area contributed by atoms with E-state index < -0.39 is 0 Å².